The number of rotatable bonds is 4. The van der Waals surface area contributed by atoms with Crippen LogP contribution in [0.3, 0.4) is 0 Å². The summed E-state index contributed by atoms with van der Waals surface area (Å²) in [7, 11) is 0. The molecule has 1 aromatic carbocycles. The molecule has 2 aromatic rings. The molecule has 136 valence electrons. The van der Waals surface area contributed by atoms with Gasteiger partial charge >= 0.3 is 0 Å². The predicted octanol–water partition coefficient (Wildman–Crippen LogP) is 1.32. The van der Waals surface area contributed by atoms with Gasteiger partial charge in [0.05, 0.1) is 37.7 Å². The standard InChI is InChI=1S/C19H21N3O4/c23-16(14-4-3-7-20-14)12-22-13-18(19(24)21-8-10-25-11-9-21)26-17-6-2-1-5-15(17)22/h1-7,18,20H,8-13H2/t18-/m1/s1. The van der Waals surface area contributed by atoms with E-state index in [1.807, 2.05) is 29.2 Å². The highest BCUT2D eigenvalue weighted by Crippen LogP contribution is 2.33. The minimum absolute atomic E-state index is 0.0238. The number of para-hydroxylation sites is 2. The van der Waals surface area contributed by atoms with Gasteiger partial charge in [0, 0.05) is 19.3 Å². The summed E-state index contributed by atoms with van der Waals surface area (Å²) in [6.45, 7) is 2.77. The molecule has 1 saturated heterocycles. The second-order valence-electron chi connectivity index (χ2n) is 6.40. The summed E-state index contributed by atoms with van der Waals surface area (Å²) in [5.41, 5.74) is 1.39. The Morgan fingerprint density at radius 3 is 2.69 bits per heavy atom. The van der Waals surface area contributed by atoms with Crippen molar-refractivity contribution >= 4 is 17.4 Å². The molecule has 0 saturated carbocycles. The summed E-state index contributed by atoms with van der Waals surface area (Å²) >= 11 is 0. The molecular formula is C19H21N3O4. The third-order valence-electron chi connectivity index (χ3n) is 4.69. The number of morpholine rings is 1. The van der Waals surface area contributed by atoms with E-state index in [2.05, 4.69) is 4.98 Å². The second-order valence-corrected chi connectivity index (χ2v) is 6.40. The number of hydrogen-bond acceptors (Lipinski definition) is 5. The van der Waals surface area contributed by atoms with E-state index in [1.54, 1.807) is 23.2 Å². The van der Waals surface area contributed by atoms with E-state index >= 15 is 0 Å². The summed E-state index contributed by atoms with van der Waals surface area (Å²) < 4.78 is 11.3. The van der Waals surface area contributed by atoms with Crippen LogP contribution in [0.2, 0.25) is 0 Å². The topological polar surface area (TPSA) is 74.9 Å². The second kappa shape index (κ2) is 7.21. The molecule has 4 rings (SSSR count). The van der Waals surface area contributed by atoms with E-state index in [4.69, 9.17) is 9.47 Å². The van der Waals surface area contributed by atoms with Crippen molar-refractivity contribution in [3.05, 3.63) is 48.3 Å². The van der Waals surface area contributed by atoms with Crippen LogP contribution in [-0.2, 0) is 9.53 Å². The van der Waals surface area contributed by atoms with Gasteiger partial charge in [-0.3, -0.25) is 9.59 Å². The minimum Gasteiger partial charge on any atom is -0.477 e. The Morgan fingerprint density at radius 1 is 1.12 bits per heavy atom. The quantitative estimate of drug-likeness (QED) is 0.838. The van der Waals surface area contributed by atoms with Gasteiger partial charge in [-0.1, -0.05) is 12.1 Å². The van der Waals surface area contributed by atoms with Gasteiger partial charge in [-0.15, -0.1) is 0 Å². The molecule has 0 unspecified atom stereocenters. The number of benzene rings is 1. The Bertz CT molecular complexity index is 784. The average Bonchev–Trinajstić information content (AvgIpc) is 3.23. The maximum atomic E-state index is 12.9. The zero-order valence-corrected chi connectivity index (χ0v) is 14.4. The Hall–Kier alpha value is -2.80. The predicted molar refractivity (Wildman–Crippen MR) is 95.6 cm³/mol. The third kappa shape index (κ3) is 3.30. The number of anilines is 1. The van der Waals surface area contributed by atoms with Crippen molar-refractivity contribution in [2.75, 3.05) is 44.3 Å². The fraction of sp³-hybridized carbons (Fsp3) is 0.368. The number of aromatic amines is 1. The minimum atomic E-state index is -0.626. The van der Waals surface area contributed by atoms with Gasteiger partial charge in [0.15, 0.2) is 11.9 Å². The molecule has 2 aliphatic heterocycles. The number of nitrogens with zero attached hydrogens (tertiary/aromatic N) is 2. The highest BCUT2D eigenvalue weighted by molar-refractivity contribution is 5.98. The molecule has 1 fully saturated rings. The molecular weight excluding hydrogens is 334 g/mol. The van der Waals surface area contributed by atoms with E-state index in [0.717, 1.165) is 5.69 Å². The van der Waals surface area contributed by atoms with Crippen molar-refractivity contribution < 1.29 is 19.1 Å². The van der Waals surface area contributed by atoms with E-state index < -0.39 is 6.10 Å². The lowest BCUT2D eigenvalue weighted by atomic mass is 10.1. The van der Waals surface area contributed by atoms with Gasteiger partial charge in [-0.2, -0.15) is 0 Å². The molecule has 1 aromatic heterocycles. The third-order valence-corrected chi connectivity index (χ3v) is 4.69. The Kier molecular flexibility index (Phi) is 4.62. The van der Waals surface area contributed by atoms with Gasteiger partial charge in [0.1, 0.15) is 5.75 Å². The highest BCUT2D eigenvalue weighted by Gasteiger charge is 2.34. The van der Waals surface area contributed by atoms with Crippen LogP contribution in [0, 0.1) is 0 Å². The molecule has 0 spiro atoms. The molecule has 26 heavy (non-hydrogen) atoms. The van der Waals surface area contributed by atoms with Crippen LogP contribution in [0.4, 0.5) is 5.69 Å². The molecule has 1 atom stereocenters. The van der Waals surface area contributed by atoms with Crippen molar-refractivity contribution in [1.29, 1.82) is 0 Å². The van der Waals surface area contributed by atoms with Crippen LogP contribution in [0.15, 0.2) is 42.6 Å². The van der Waals surface area contributed by atoms with E-state index in [1.165, 1.54) is 0 Å². The highest BCUT2D eigenvalue weighted by atomic mass is 16.5. The van der Waals surface area contributed by atoms with Crippen molar-refractivity contribution in [3.8, 4) is 5.75 Å². The summed E-state index contributed by atoms with van der Waals surface area (Å²) in [5.74, 6) is 0.550. The zero-order chi connectivity index (χ0) is 17.9. The monoisotopic (exact) mass is 355 g/mol. The number of aromatic nitrogens is 1. The fourth-order valence-electron chi connectivity index (χ4n) is 3.34. The van der Waals surface area contributed by atoms with Gasteiger partial charge in [0.25, 0.3) is 5.91 Å². The van der Waals surface area contributed by atoms with Crippen molar-refractivity contribution in [1.82, 2.24) is 9.88 Å². The first kappa shape index (κ1) is 16.7. The SMILES string of the molecule is O=C(CN1C[C@H](C(=O)N2CCOCC2)Oc2ccccc21)c1ccc[nH]1. The largest absolute Gasteiger partial charge is 0.477 e. The molecule has 1 N–H and O–H groups in total. The molecule has 7 heteroatoms. The van der Waals surface area contributed by atoms with Crippen LogP contribution in [-0.4, -0.2) is 67.1 Å². The maximum absolute atomic E-state index is 12.9. The average molecular weight is 355 g/mol. The molecule has 3 heterocycles. The lowest BCUT2D eigenvalue weighted by Gasteiger charge is -2.38. The van der Waals surface area contributed by atoms with Crippen LogP contribution in [0.25, 0.3) is 0 Å². The van der Waals surface area contributed by atoms with E-state index in [-0.39, 0.29) is 18.2 Å². The zero-order valence-electron chi connectivity index (χ0n) is 14.4. The number of H-pyrrole nitrogens is 1. The number of ketones is 1. The maximum Gasteiger partial charge on any atom is 0.265 e. The summed E-state index contributed by atoms with van der Waals surface area (Å²) in [6, 6.07) is 11.1. The van der Waals surface area contributed by atoms with Gasteiger partial charge in [-0.05, 0) is 24.3 Å². The number of amides is 1. The molecule has 2 aliphatic rings. The molecule has 0 radical (unpaired) electrons. The van der Waals surface area contributed by atoms with Crippen LogP contribution in [0.5, 0.6) is 5.75 Å². The lowest BCUT2D eigenvalue weighted by molar-refractivity contribution is -0.142. The number of ether oxygens (including phenoxy) is 2. The molecule has 0 aliphatic carbocycles. The number of nitrogens with one attached hydrogen (secondary N) is 1. The number of hydrogen-bond donors (Lipinski definition) is 1. The Labute approximate surface area is 151 Å². The smallest absolute Gasteiger partial charge is 0.265 e. The van der Waals surface area contributed by atoms with Crippen molar-refractivity contribution in [2.24, 2.45) is 0 Å². The summed E-state index contributed by atoms with van der Waals surface area (Å²) in [4.78, 5) is 32.0. The first-order valence-electron chi connectivity index (χ1n) is 8.76. The molecule has 7 nitrogen and oxygen atoms in total. The van der Waals surface area contributed by atoms with Crippen molar-refractivity contribution in [2.45, 2.75) is 6.10 Å². The Balaban J connectivity index is 1.54. The number of carbonyl (C=O) groups is 2. The molecule has 0 bridgehead atoms. The number of Topliss-reactive ketones (excluding diaryl/α,β-unsaturated/α-hetero) is 1. The van der Waals surface area contributed by atoms with E-state index in [9.17, 15) is 9.59 Å². The lowest BCUT2D eigenvalue weighted by Crippen LogP contribution is -2.53. The first-order valence-corrected chi connectivity index (χ1v) is 8.76. The summed E-state index contributed by atoms with van der Waals surface area (Å²) in [5, 5.41) is 0. The first-order chi connectivity index (χ1) is 12.7. The van der Waals surface area contributed by atoms with Gasteiger partial charge in [-0.25, -0.2) is 0 Å². The van der Waals surface area contributed by atoms with E-state index in [0.29, 0.717) is 44.3 Å². The number of fused-ring (bicyclic) bond motifs is 1. The summed E-state index contributed by atoms with van der Waals surface area (Å²) in [6.07, 6.45) is 1.10. The normalized spacial score (nSPS) is 19.6. The van der Waals surface area contributed by atoms with Crippen molar-refractivity contribution in [3.63, 3.8) is 0 Å². The van der Waals surface area contributed by atoms with Gasteiger partial charge in [0.2, 0.25) is 0 Å². The van der Waals surface area contributed by atoms with Crippen LogP contribution < -0.4 is 9.64 Å². The Morgan fingerprint density at radius 2 is 1.92 bits per heavy atom. The van der Waals surface area contributed by atoms with Crippen LogP contribution >= 0.6 is 0 Å². The van der Waals surface area contributed by atoms with Crippen LogP contribution in [0.1, 0.15) is 10.5 Å². The molecule has 1 amide bonds. The fourth-order valence-corrected chi connectivity index (χ4v) is 3.34. The van der Waals surface area contributed by atoms with Gasteiger partial charge < -0.3 is 24.3 Å². The number of carbonyl (C=O) groups excluding carboxylic acids is 2.